The van der Waals surface area contributed by atoms with Crippen LogP contribution in [0, 0.1) is 5.92 Å². The first-order valence-corrected chi connectivity index (χ1v) is 11.8. The summed E-state index contributed by atoms with van der Waals surface area (Å²) in [7, 11) is 0. The molecule has 2 saturated heterocycles. The van der Waals surface area contributed by atoms with Gasteiger partial charge in [-0.05, 0) is 42.7 Å². The van der Waals surface area contributed by atoms with E-state index >= 15 is 0 Å². The van der Waals surface area contributed by atoms with Crippen molar-refractivity contribution in [3.8, 4) is 5.75 Å². The lowest BCUT2D eigenvalue weighted by Gasteiger charge is -2.32. The minimum Gasteiger partial charge on any atom is -0.493 e. The van der Waals surface area contributed by atoms with E-state index in [0.29, 0.717) is 26.1 Å². The Kier molecular flexibility index (Phi) is 8.33. The molecule has 33 heavy (non-hydrogen) atoms. The number of rotatable bonds is 8. The Morgan fingerprint density at radius 1 is 1.03 bits per heavy atom. The summed E-state index contributed by atoms with van der Waals surface area (Å²) < 4.78 is 11.1. The molecule has 1 unspecified atom stereocenters. The molecule has 2 aliphatic rings. The number of nitrogens with one attached hydrogen (secondary N) is 1. The van der Waals surface area contributed by atoms with E-state index < -0.39 is 0 Å². The molecular weight excluding hydrogens is 418 g/mol. The zero-order valence-electron chi connectivity index (χ0n) is 19.1. The van der Waals surface area contributed by atoms with Crippen LogP contribution >= 0.6 is 0 Å². The number of carbonyl (C=O) groups is 2. The van der Waals surface area contributed by atoms with Gasteiger partial charge in [-0.25, -0.2) is 0 Å². The SMILES string of the molecule is O=C(Nc1cccc(CN2CCOCC2)c1)C1CCCN(C(=O)CCOc2ccccc2)C1. The molecule has 2 fully saturated rings. The number of likely N-dealkylation sites (tertiary alicyclic amines) is 1. The minimum atomic E-state index is -0.194. The summed E-state index contributed by atoms with van der Waals surface area (Å²) in [6.45, 7) is 5.75. The number of piperidine rings is 1. The number of hydrogen-bond donors (Lipinski definition) is 1. The zero-order valence-corrected chi connectivity index (χ0v) is 19.1. The fourth-order valence-corrected chi connectivity index (χ4v) is 4.36. The molecular formula is C26H33N3O4. The maximum Gasteiger partial charge on any atom is 0.229 e. The van der Waals surface area contributed by atoms with Gasteiger partial charge in [-0.2, -0.15) is 0 Å². The first kappa shape index (κ1) is 23.3. The summed E-state index contributed by atoms with van der Waals surface area (Å²) in [5, 5.41) is 3.07. The van der Waals surface area contributed by atoms with Crippen molar-refractivity contribution in [2.24, 2.45) is 5.92 Å². The molecule has 0 radical (unpaired) electrons. The quantitative estimate of drug-likeness (QED) is 0.668. The van der Waals surface area contributed by atoms with Crippen LogP contribution in [0.25, 0.3) is 0 Å². The number of nitrogens with zero attached hydrogens (tertiary/aromatic N) is 2. The van der Waals surface area contributed by atoms with Gasteiger partial charge >= 0.3 is 0 Å². The third-order valence-electron chi connectivity index (χ3n) is 6.18. The van der Waals surface area contributed by atoms with Crippen molar-refractivity contribution in [3.63, 3.8) is 0 Å². The first-order chi connectivity index (χ1) is 16.2. The highest BCUT2D eigenvalue weighted by Crippen LogP contribution is 2.21. The molecule has 7 nitrogen and oxygen atoms in total. The van der Waals surface area contributed by atoms with Crippen molar-refractivity contribution in [2.75, 3.05) is 51.3 Å². The van der Waals surface area contributed by atoms with E-state index in [1.165, 1.54) is 5.56 Å². The zero-order chi connectivity index (χ0) is 22.9. The molecule has 0 aliphatic carbocycles. The van der Waals surface area contributed by atoms with E-state index in [2.05, 4.69) is 16.3 Å². The number of para-hydroxylation sites is 1. The number of hydrogen-bond acceptors (Lipinski definition) is 5. The Labute approximate surface area is 195 Å². The van der Waals surface area contributed by atoms with Gasteiger partial charge < -0.3 is 19.7 Å². The first-order valence-electron chi connectivity index (χ1n) is 11.8. The van der Waals surface area contributed by atoms with Gasteiger partial charge in [0.05, 0.1) is 32.2 Å². The highest BCUT2D eigenvalue weighted by atomic mass is 16.5. The van der Waals surface area contributed by atoms with Crippen LogP contribution in [0.1, 0.15) is 24.8 Å². The van der Waals surface area contributed by atoms with Gasteiger partial charge in [-0.1, -0.05) is 30.3 Å². The van der Waals surface area contributed by atoms with Crippen molar-refractivity contribution in [2.45, 2.75) is 25.8 Å². The van der Waals surface area contributed by atoms with E-state index in [-0.39, 0.29) is 17.7 Å². The van der Waals surface area contributed by atoms with Gasteiger partial charge in [0.15, 0.2) is 0 Å². The van der Waals surface area contributed by atoms with E-state index in [4.69, 9.17) is 9.47 Å². The summed E-state index contributed by atoms with van der Waals surface area (Å²) in [6.07, 6.45) is 1.94. The van der Waals surface area contributed by atoms with Gasteiger partial charge in [0.1, 0.15) is 5.75 Å². The number of amides is 2. The lowest BCUT2D eigenvalue weighted by atomic mass is 9.96. The fourth-order valence-electron chi connectivity index (χ4n) is 4.36. The van der Waals surface area contributed by atoms with Gasteiger partial charge in [0.25, 0.3) is 0 Å². The van der Waals surface area contributed by atoms with Crippen molar-refractivity contribution in [1.82, 2.24) is 9.80 Å². The molecule has 1 atom stereocenters. The standard InChI is InChI=1S/C26H33N3O4/c30-25(11-15-33-24-9-2-1-3-10-24)29-12-5-7-22(20-29)26(31)27-23-8-4-6-21(18-23)19-28-13-16-32-17-14-28/h1-4,6,8-10,18,22H,5,7,11-17,19-20H2,(H,27,31). The summed E-state index contributed by atoms with van der Waals surface area (Å²) in [5.74, 6) is 0.588. The predicted molar refractivity (Wildman–Crippen MR) is 127 cm³/mol. The van der Waals surface area contributed by atoms with Crippen molar-refractivity contribution >= 4 is 17.5 Å². The molecule has 0 spiro atoms. The molecule has 176 valence electrons. The second-order valence-corrected chi connectivity index (χ2v) is 8.67. The number of benzene rings is 2. The number of morpholine rings is 1. The van der Waals surface area contributed by atoms with Crippen LogP contribution in [-0.2, 0) is 20.9 Å². The van der Waals surface area contributed by atoms with Crippen molar-refractivity contribution in [1.29, 1.82) is 0 Å². The van der Waals surface area contributed by atoms with Crippen LogP contribution in [0.15, 0.2) is 54.6 Å². The van der Waals surface area contributed by atoms with E-state index in [1.54, 1.807) is 4.90 Å². The maximum atomic E-state index is 12.9. The second kappa shape index (κ2) is 11.8. The molecule has 1 N–H and O–H groups in total. The lowest BCUT2D eigenvalue weighted by molar-refractivity contribution is -0.135. The van der Waals surface area contributed by atoms with Gasteiger partial charge in [0.2, 0.25) is 11.8 Å². The lowest BCUT2D eigenvalue weighted by Crippen LogP contribution is -2.44. The molecule has 7 heteroatoms. The topological polar surface area (TPSA) is 71.1 Å². The Morgan fingerprint density at radius 2 is 1.85 bits per heavy atom. The molecule has 4 rings (SSSR count). The average molecular weight is 452 g/mol. The second-order valence-electron chi connectivity index (χ2n) is 8.67. The number of anilines is 1. The van der Waals surface area contributed by atoms with Crippen LogP contribution < -0.4 is 10.1 Å². The third-order valence-corrected chi connectivity index (χ3v) is 6.18. The van der Waals surface area contributed by atoms with Gasteiger partial charge in [-0.3, -0.25) is 14.5 Å². The maximum absolute atomic E-state index is 12.9. The summed E-state index contributed by atoms with van der Waals surface area (Å²) in [6, 6.07) is 17.5. The van der Waals surface area contributed by atoms with E-state index in [9.17, 15) is 9.59 Å². The fraction of sp³-hybridized carbons (Fsp3) is 0.462. The van der Waals surface area contributed by atoms with Crippen LogP contribution in [0.4, 0.5) is 5.69 Å². The molecule has 2 aromatic rings. The van der Waals surface area contributed by atoms with Gasteiger partial charge in [0, 0.05) is 38.4 Å². The molecule has 0 aromatic heterocycles. The Morgan fingerprint density at radius 3 is 2.67 bits per heavy atom. The highest BCUT2D eigenvalue weighted by Gasteiger charge is 2.28. The molecule has 2 amide bonds. The smallest absolute Gasteiger partial charge is 0.229 e. The minimum absolute atomic E-state index is 0.0171. The summed E-state index contributed by atoms with van der Waals surface area (Å²) >= 11 is 0. The third kappa shape index (κ3) is 7.04. The largest absolute Gasteiger partial charge is 0.493 e. The summed E-state index contributed by atoms with van der Waals surface area (Å²) in [4.78, 5) is 29.7. The average Bonchev–Trinajstić information content (AvgIpc) is 2.85. The molecule has 2 heterocycles. The van der Waals surface area contributed by atoms with Crippen molar-refractivity contribution < 1.29 is 19.1 Å². The van der Waals surface area contributed by atoms with Crippen molar-refractivity contribution in [3.05, 3.63) is 60.2 Å². The molecule has 0 saturated carbocycles. The van der Waals surface area contributed by atoms with Crippen LogP contribution in [-0.4, -0.2) is 67.6 Å². The molecule has 2 aromatic carbocycles. The molecule has 0 bridgehead atoms. The van der Waals surface area contributed by atoms with Crippen LogP contribution in [0.2, 0.25) is 0 Å². The number of ether oxygens (including phenoxy) is 2. The van der Waals surface area contributed by atoms with E-state index in [0.717, 1.165) is 57.1 Å². The van der Waals surface area contributed by atoms with Crippen LogP contribution in [0.3, 0.4) is 0 Å². The Balaban J connectivity index is 1.25. The summed E-state index contributed by atoms with van der Waals surface area (Å²) in [5.41, 5.74) is 1.99. The van der Waals surface area contributed by atoms with Crippen LogP contribution in [0.5, 0.6) is 5.75 Å². The highest BCUT2D eigenvalue weighted by molar-refractivity contribution is 5.93. The molecule has 2 aliphatic heterocycles. The Bertz CT molecular complexity index is 915. The monoisotopic (exact) mass is 451 g/mol. The van der Waals surface area contributed by atoms with Gasteiger partial charge in [-0.15, -0.1) is 0 Å². The normalized spacial score (nSPS) is 19.2. The number of carbonyl (C=O) groups excluding carboxylic acids is 2. The predicted octanol–water partition coefficient (Wildman–Crippen LogP) is 3.17. The van der Waals surface area contributed by atoms with E-state index in [1.807, 2.05) is 48.5 Å². The Hall–Kier alpha value is -2.90.